The lowest BCUT2D eigenvalue weighted by molar-refractivity contribution is -0.137. The van der Waals surface area contributed by atoms with Crippen molar-refractivity contribution in [2.24, 2.45) is 11.7 Å². The largest absolute Gasteiger partial charge is 0.481 e. The maximum absolute atomic E-state index is 12.1. The van der Waals surface area contributed by atoms with Crippen molar-refractivity contribution in [3.8, 4) is 0 Å². The molecule has 0 aliphatic rings. The van der Waals surface area contributed by atoms with Gasteiger partial charge in [-0.25, -0.2) is 0 Å². The van der Waals surface area contributed by atoms with Crippen LogP contribution in [0.25, 0.3) is 0 Å². The Kier molecular flexibility index (Phi) is 6.88. The molecule has 116 valence electrons. The van der Waals surface area contributed by atoms with Gasteiger partial charge in [0.25, 0.3) is 0 Å². The van der Waals surface area contributed by atoms with E-state index in [1.807, 2.05) is 44.2 Å². The van der Waals surface area contributed by atoms with E-state index in [4.69, 9.17) is 10.8 Å². The van der Waals surface area contributed by atoms with Crippen LogP contribution >= 0.6 is 0 Å². The summed E-state index contributed by atoms with van der Waals surface area (Å²) in [6.45, 7) is 4.01. The summed E-state index contributed by atoms with van der Waals surface area (Å²) >= 11 is 0. The Morgan fingerprint density at radius 1 is 1.24 bits per heavy atom. The molecule has 21 heavy (non-hydrogen) atoms. The van der Waals surface area contributed by atoms with Crippen LogP contribution in [0.3, 0.4) is 0 Å². The van der Waals surface area contributed by atoms with E-state index in [-0.39, 0.29) is 18.4 Å². The highest BCUT2D eigenvalue weighted by molar-refractivity contribution is 5.82. The van der Waals surface area contributed by atoms with Crippen molar-refractivity contribution in [3.63, 3.8) is 0 Å². The second-order valence-corrected chi connectivity index (χ2v) is 5.64. The Morgan fingerprint density at radius 2 is 1.86 bits per heavy atom. The van der Waals surface area contributed by atoms with Crippen LogP contribution < -0.4 is 11.1 Å². The number of hydrogen-bond acceptors (Lipinski definition) is 3. The minimum absolute atomic E-state index is 0.000735. The number of nitrogens with two attached hydrogens (primary N) is 1. The normalized spacial score (nSPS) is 13.7. The first-order valence-electron chi connectivity index (χ1n) is 7.22. The number of carbonyl (C=O) groups excluding carboxylic acids is 1. The fourth-order valence-electron chi connectivity index (χ4n) is 2.17. The molecular weight excluding hydrogens is 268 g/mol. The second kappa shape index (κ2) is 8.42. The molecule has 1 aromatic rings. The SMILES string of the molecule is CC(C)C[C@H](N)C(=O)NC(CCC(=O)O)c1ccccc1. The lowest BCUT2D eigenvalue weighted by atomic mass is 10.00. The summed E-state index contributed by atoms with van der Waals surface area (Å²) in [5, 5.41) is 11.7. The zero-order valence-electron chi connectivity index (χ0n) is 12.6. The zero-order chi connectivity index (χ0) is 15.8. The minimum atomic E-state index is -0.878. The van der Waals surface area contributed by atoms with Crippen LogP contribution in [0, 0.1) is 5.92 Å². The number of carbonyl (C=O) groups is 2. The molecule has 1 amide bonds. The average molecular weight is 292 g/mol. The number of amides is 1. The molecule has 0 radical (unpaired) electrons. The molecule has 0 heterocycles. The number of benzene rings is 1. The monoisotopic (exact) mass is 292 g/mol. The van der Waals surface area contributed by atoms with Gasteiger partial charge in [0.15, 0.2) is 0 Å². The van der Waals surface area contributed by atoms with E-state index in [0.717, 1.165) is 5.56 Å². The molecular formula is C16H24N2O3. The van der Waals surface area contributed by atoms with Gasteiger partial charge in [-0.2, -0.15) is 0 Å². The van der Waals surface area contributed by atoms with Gasteiger partial charge in [-0.05, 0) is 24.3 Å². The van der Waals surface area contributed by atoms with E-state index >= 15 is 0 Å². The summed E-state index contributed by atoms with van der Waals surface area (Å²) in [6, 6.07) is 8.46. The summed E-state index contributed by atoms with van der Waals surface area (Å²) in [5.41, 5.74) is 6.76. The molecule has 2 atom stereocenters. The first kappa shape index (κ1) is 17.2. The summed E-state index contributed by atoms with van der Waals surface area (Å²) in [4.78, 5) is 22.9. The van der Waals surface area contributed by atoms with Crippen molar-refractivity contribution in [1.82, 2.24) is 5.32 Å². The van der Waals surface area contributed by atoms with Crippen molar-refractivity contribution in [1.29, 1.82) is 0 Å². The highest BCUT2D eigenvalue weighted by Gasteiger charge is 2.20. The van der Waals surface area contributed by atoms with E-state index in [0.29, 0.717) is 18.8 Å². The van der Waals surface area contributed by atoms with Crippen LogP contribution in [0.2, 0.25) is 0 Å². The third-order valence-electron chi connectivity index (χ3n) is 3.23. The molecule has 1 unspecified atom stereocenters. The lowest BCUT2D eigenvalue weighted by Gasteiger charge is -2.21. The number of carboxylic acid groups (broad SMARTS) is 1. The Morgan fingerprint density at radius 3 is 2.38 bits per heavy atom. The molecule has 0 saturated carbocycles. The molecule has 5 nitrogen and oxygen atoms in total. The molecule has 0 spiro atoms. The van der Waals surface area contributed by atoms with Gasteiger partial charge in [-0.3, -0.25) is 9.59 Å². The first-order chi connectivity index (χ1) is 9.90. The van der Waals surface area contributed by atoms with Crippen molar-refractivity contribution >= 4 is 11.9 Å². The maximum Gasteiger partial charge on any atom is 0.303 e. The third-order valence-corrected chi connectivity index (χ3v) is 3.23. The van der Waals surface area contributed by atoms with Crippen molar-refractivity contribution in [2.75, 3.05) is 0 Å². The predicted octanol–water partition coefficient (Wildman–Crippen LogP) is 2.08. The zero-order valence-corrected chi connectivity index (χ0v) is 12.6. The highest BCUT2D eigenvalue weighted by atomic mass is 16.4. The van der Waals surface area contributed by atoms with Crippen molar-refractivity contribution < 1.29 is 14.7 Å². The fraction of sp³-hybridized carbons (Fsp3) is 0.500. The van der Waals surface area contributed by atoms with Crippen LogP contribution in [0.15, 0.2) is 30.3 Å². The molecule has 1 aromatic carbocycles. The lowest BCUT2D eigenvalue weighted by Crippen LogP contribution is -2.43. The average Bonchev–Trinajstić information content (AvgIpc) is 2.43. The van der Waals surface area contributed by atoms with Crippen LogP contribution in [0.1, 0.15) is 44.7 Å². The van der Waals surface area contributed by atoms with Gasteiger partial charge in [0.1, 0.15) is 0 Å². The molecule has 5 heteroatoms. The van der Waals surface area contributed by atoms with Gasteiger partial charge in [0.05, 0.1) is 12.1 Å². The summed E-state index contributed by atoms with van der Waals surface area (Å²) < 4.78 is 0. The smallest absolute Gasteiger partial charge is 0.303 e. The molecule has 0 saturated heterocycles. The van der Waals surface area contributed by atoms with Gasteiger partial charge in [0.2, 0.25) is 5.91 Å². The summed E-state index contributed by atoms with van der Waals surface area (Å²) in [5.74, 6) is -0.778. The van der Waals surface area contributed by atoms with E-state index in [1.165, 1.54) is 0 Å². The van der Waals surface area contributed by atoms with E-state index in [1.54, 1.807) is 0 Å². The quantitative estimate of drug-likeness (QED) is 0.684. The van der Waals surface area contributed by atoms with Gasteiger partial charge >= 0.3 is 5.97 Å². The predicted molar refractivity (Wildman–Crippen MR) is 81.6 cm³/mol. The Bertz CT molecular complexity index is 460. The van der Waals surface area contributed by atoms with Gasteiger partial charge in [-0.1, -0.05) is 44.2 Å². The Labute approximate surface area is 125 Å². The number of nitrogens with one attached hydrogen (secondary N) is 1. The Balaban J connectivity index is 2.73. The number of rotatable bonds is 8. The molecule has 0 aromatic heterocycles. The maximum atomic E-state index is 12.1. The second-order valence-electron chi connectivity index (χ2n) is 5.64. The van der Waals surface area contributed by atoms with Gasteiger partial charge < -0.3 is 16.2 Å². The molecule has 4 N–H and O–H groups in total. The van der Waals surface area contributed by atoms with E-state index < -0.39 is 12.0 Å². The topological polar surface area (TPSA) is 92.4 Å². The van der Waals surface area contributed by atoms with Crippen molar-refractivity contribution in [2.45, 2.75) is 45.2 Å². The van der Waals surface area contributed by atoms with Crippen molar-refractivity contribution in [3.05, 3.63) is 35.9 Å². The number of hydrogen-bond donors (Lipinski definition) is 3. The molecule has 0 fully saturated rings. The van der Waals surface area contributed by atoms with Gasteiger partial charge in [0, 0.05) is 6.42 Å². The van der Waals surface area contributed by atoms with Crippen LogP contribution in [0.5, 0.6) is 0 Å². The Hall–Kier alpha value is -1.88. The van der Waals surface area contributed by atoms with Crippen LogP contribution in [0.4, 0.5) is 0 Å². The number of aliphatic carboxylic acids is 1. The molecule has 0 aliphatic carbocycles. The first-order valence-corrected chi connectivity index (χ1v) is 7.22. The summed E-state index contributed by atoms with van der Waals surface area (Å²) in [7, 11) is 0. The van der Waals surface area contributed by atoms with E-state index in [2.05, 4.69) is 5.32 Å². The minimum Gasteiger partial charge on any atom is -0.481 e. The fourth-order valence-corrected chi connectivity index (χ4v) is 2.17. The van der Waals surface area contributed by atoms with Crippen LogP contribution in [-0.4, -0.2) is 23.0 Å². The van der Waals surface area contributed by atoms with Crippen LogP contribution in [-0.2, 0) is 9.59 Å². The molecule has 0 bridgehead atoms. The third kappa shape index (κ3) is 6.40. The molecule has 1 rings (SSSR count). The summed E-state index contributed by atoms with van der Waals surface area (Å²) in [6.07, 6.45) is 0.949. The standard InChI is InChI=1S/C16H24N2O3/c1-11(2)10-13(17)16(21)18-14(8-9-15(19)20)12-6-4-3-5-7-12/h3-7,11,13-14H,8-10,17H2,1-2H3,(H,18,21)(H,19,20)/t13-,14?/m0/s1. The van der Waals surface area contributed by atoms with E-state index in [9.17, 15) is 9.59 Å². The van der Waals surface area contributed by atoms with Gasteiger partial charge in [-0.15, -0.1) is 0 Å². The molecule has 0 aliphatic heterocycles. The number of carboxylic acids is 1. The highest BCUT2D eigenvalue weighted by Crippen LogP contribution is 2.18.